The zero-order valence-corrected chi connectivity index (χ0v) is 9.27. The highest BCUT2D eigenvalue weighted by Gasteiger charge is 2.32. The van der Waals surface area contributed by atoms with Gasteiger partial charge in [0.25, 0.3) is 0 Å². The van der Waals surface area contributed by atoms with Gasteiger partial charge >= 0.3 is 6.16 Å². The van der Waals surface area contributed by atoms with E-state index in [9.17, 15) is 9.90 Å². The van der Waals surface area contributed by atoms with Gasteiger partial charge in [-0.2, -0.15) is 0 Å². The Hall–Kier alpha value is -0.850. The molecule has 0 radical (unpaired) electrons. The van der Waals surface area contributed by atoms with Gasteiger partial charge in [-0.25, -0.2) is 4.79 Å². The minimum absolute atomic E-state index is 0.223. The largest absolute Gasteiger partial charge is 0.528 e. The van der Waals surface area contributed by atoms with Crippen LogP contribution in [0.3, 0.4) is 0 Å². The maximum Gasteiger partial charge on any atom is 0.528 e. The topological polar surface area (TPSA) is 85.0 Å². The van der Waals surface area contributed by atoms with E-state index in [1.807, 2.05) is 0 Å². The zero-order valence-electron chi connectivity index (χ0n) is 9.27. The van der Waals surface area contributed by atoms with E-state index in [1.54, 1.807) is 20.8 Å². The predicted molar refractivity (Wildman–Crippen MR) is 52.9 cm³/mol. The first kappa shape index (κ1) is 12.2. The molecule has 15 heavy (non-hydrogen) atoms. The average Bonchev–Trinajstić information content (AvgIpc) is 2.26. The van der Waals surface area contributed by atoms with Crippen LogP contribution in [0.5, 0.6) is 0 Å². The molecule has 0 amide bonds. The highest BCUT2D eigenvalue weighted by Crippen LogP contribution is 2.12. The first-order valence-electron chi connectivity index (χ1n) is 4.87. The van der Waals surface area contributed by atoms with Crippen molar-refractivity contribution in [2.75, 3.05) is 13.1 Å². The fourth-order valence-electron chi connectivity index (χ4n) is 1.22. The number of aliphatic hydroxyl groups is 1. The number of hydrogen-bond acceptors (Lipinski definition) is 6. The van der Waals surface area contributed by atoms with Crippen molar-refractivity contribution < 1.29 is 19.5 Å². The summed E-state index contributed by atoms with van der Waals surface area (Å²) in [6.07, 6.45) is -1.43. The molecule has 6 nitrogen and oxygen atoms in total. The Labute approximate surface area is 88.9 Å². The van der Waals surface area contributed by atoms with Crippen molar-refractivity contribution in [3.8, 4) is 0 Å². The summed E-state index contributed by atoms with van der Waals surface area (Å²) < 4.78 is 4.94. The standard InChI is InChI=1S/C9H18N2O4/c1-9(2,3)14-8(13)15-11-4-6(10)7(12)5-11/h6-7,12H,4-5,10H2,1-3H3. The summed E-state index contributed by atoms with van der Waals surface area (Å²) in [5.74, 6) is 0. The molecule has 0 aromatic rings. The van der Waals surface area contributed by atoms with Crippen molar-refractivity contribution >= 4 is 6.16 Å². The van der Waals surface area contributed by atoms with E-state index < -0.39 is 17.9 Å². The third-order valence-electron chi connectivity index (χ3n) is 1.89. The lowest BCUT2D eigenvalue weighted by Gasteiger charge is -2.21. The second-order valence-corrected chi connectivity index (χ2v) is 4.63. The molecule has 0 spiro atoms. The number of nitrogens with two attached hydrogens (primary N) is 1. The first-order valence-corrected chi connectivity index (χ1v) is 4.87. The fourth-order valence-corrected chi connectivity index (χ4v) is 1.22. The molecule has 0 aliphatic carbocycles. The van der Waals surface area contributed by atoms with Crippen molar-refractivity contribution in [3.05, 3.63) is 0 Å². The second kappa shape index (κ2) is 4.34. The van der Waals surface area contributed by atoms with E-state index in [2.05, 4.69) is 0 Å². The van der Waals surface area contributed by atoms with Crippen LogP contribution in [0.2, 0.25) is 0 Å². The number of aliphatic hydroxyl groups excluding tert-OH is 1. The lowest BCUT2D eigenvalue weighted by atomic mass is 10.2. The summed E-state index contributed by atoms with van der Waals surface area (Å²) >= 11 is 0. The lowest BCUT2D eigenvalue weighted by Crippen LogP contribution is -2.33. The van der Waals surface area contributed by atoms with Crippen molar-refractivity contribution in [1.29, 1.82) is 0 Å². The quantitative estimate of drug-likeness (QED) is 0.596. The Kier molecular flexibility index (Phi) is 3.54. The summed E-state index contributed by atoms with van der Waals surface area (Å²) in [6.45, 7) is 5.79. The van der Waals surface area contributed by atoms with E-state index in [1.165, 1.54) is 5.06 Å². The third-order valence-corrected chi connectivity index (χ3v) is 1.89. The monoisotopic (exact) mass is 218 g/mol. The molecule has 1 heterocycles. The molecule has 0 aromatic carbocycles. The summed E-state index contributed by atoms with van der Waals surface area (Å²) in [7, 11) is 0. The number of hydrogen-bond donors (Lipinski definition) is 2. The smallest absolute Gasteiger partial charge is 0.427 e. The van der Waals surface area contributed by atoms with Crippen molar-refractivity contribution in [1.82, 2.24) is 5.06 Å². The van der Waals surface area contributed by atoms with Crippen LogP contribution >= 0.6 is 0 Å². The van der Waals surface area contributed by atoms with E-state index in [0.717, 1.165) is 0 Å². The van der Waals surface area contributed by atoms with Crippen LogP contribution in [-0.4, -0.2) is 47.2 Å². The molecular formula is C9H18N2O4. The summed E-state index contributed by atoms with van der Waals surface area (Å²) in [4.78, 5) is 16.1. The third kappa shape index (κ3) is 4.03. The average molecular weight is 218 g/mol. The minimum Gasteiger partial charge on any atom is -0.427 e. The number of carbonyl (C=O) groups excluding carboxylic acids is 1. The van der Waals surface area contributed by atoms with E-state index in [4.69, 9.17) is 15.3 Å². The predicted octanol–water partition coefficient (Wildman–Crippen LogP) is -0.143. The van der Waals surface area contributed by atoms with Crippen LogP contribution in [0.15, 0.2) is 0 Å². The maximum absolute atomic E-state index is 11.2. The molecule has 0 saturated carbocycles. The Bertz CT molecular complexity index is 229. The Morgan fingerprint density at radius 1 is 1.47 bits per heavy atom. The van der Waals surface area contributed by atoms with Gasteiger partial charge in [0.1, 0.15) is 5.60 Å². The van der Waals surface area contributed by atoms with Gasteiger partial charge in [0.05, 0.1) is 19.2 Å². The molecule has 1 aliphatic heterocycles. The molecule has 1 saturated heterocycles. The number of nitrogens with zero attached hydrogens (tertiary/aromatic N) is 1. The Morgan fingerprint density at radius 2 is 2.07 bits per heavy atom. The Morgan fingerprint density at radius 3 is 2.47 bits per heavy atom. The SMILES string of the molecule is CC(C)(C)OC(=O)ON1CC(N)C(O)C1. The van der Waals surface area contributed by atoms with Crippen LogP contribution in [0.4, 0.5) is 4.79 Å². The van der Waals surface area contributed by atoms with Gasteiger partial charge in [-0.15, -0.1) is 5.06 Å². The fraction of sp³-hybridized carbons (Fsp3) is 0.889. The molecule has 88 valence electrons. The van der Waals surface area contributed by atoms with Crippen LogP contribution in [0.25, 0.3) is 0 Å². The van der Waals surface area contributed by atoms with Crippen LogP contribution in [-0.2, 0) is 9.57 Å². The molecule has 1 fully saturated rings. The van der Waals surface area contributed by atoms with E-state index >= 15 is 0 Å². The number of rotatable bonds is 1. The normalized spacial score (nSPS) is 27.8. The van der Waals surface area contributed by atoms with Gasteiger partial charge in [0, 0.05) is 6.04 Å². The molecule has 0 bridgehead atoms. The van der Waals surface area contributed by atoms with Gasteiger partial charge in [-0.3, -0.25) is 0 Å². The lowest BCUT2D eigenvalue weighted by molar-refractivity contribution is -0.133. The molecule has 0 aromatic heterocycles. The molecule has 6 heteroatoms. The van der Waals surface area contributed by atoms with Crippen molar-refractivity contribution in [2.24, 2.45) is 5.73 Å². The van der Waals surface area contributed by atoms with Gasteiger partial charge in [0.15, 0.2) is 0 Å². The minimum atomic E-state index is -0.774. The van der Waals surface area contributed by atoms with Crippen LogP contribution in [0.1, 0.15) is 20.8 Å². The van der Waals surface area contributed by atoms with Gasteiger partial charge in [-0.1, -0.05) is 0 Å². The Balaban J connectivity index is 2.34. The summed E-state index contributed by atoms with van der Waals surface area (Å²) in [5, 5.41) is 10.6. The molecule has 3 N–H and O–H groups in total. The van der Waals surface area contributed by atoms with Gasteiger partial charge in [0.2, 0.25) is 0 Å². The van der Waals surface area contributed by atoms with Crippen molar-refractivity contribution in [2.45, 2.75) is 38.5 Å². The highest BCUT2D eigenvalue weighted by atomic mass is 16.8. The van der Waals surface area contributed by atoms with Gasteiger partial charge < -0.3 is 20.4 Å². The van der Waals surface area contributed by atoms with E-state index in [0.29, 0.717) is 6.54 Å². The van der Waals surface area contributed by atoms with Crippen molar-refractivity contribution in [3.63, 3.8) is 0 Å². The number of β-amino-alcohol motifs (C(OH)–C–C–N with tert-alkyl or cyclic N) is 1. The van der Waals surface area contributed by atoms with Crippen LogP contribution < -0.4 is 5.73 Å². The summed E-state index contributed by atoms with van der Waals surface area (Å²) in [5.41, 5.74) is 4.96. The second-order valence-electron chi connectivity index (χ2n) is 4.63. The number of carbonyl (C=O) groups is 1. The number of ether oxygens (including phenoxy) is 1. The molecule has 2 unspecified atom stereocenters. The highest BCUT2D eigenvalue weighted by molar-refractivity contribution is 5.60. The first-order chi connectivity index (χ1) is 6.78. The number of hydroxylamine groups is 2. The van der Waals surface area contributed by atoms with Gasteiger partial charge in [-0.05, 0) is 20.8 Å². The summed E-state index contributed by atoms with van der Waals surface area (Å²) in [6, 6.07) is -0.382. The molecule has 1 aliphatic rings. The zero-order chi connectivity index (χ0) is 11.6. The molecule has 1 rings (SSSR count). The molecular weight excluding hydrogens is 200 g/mol. The van der Waals surface area contributed by atoms with E-state index in [-0.39, 0.29) is 12.6 Å². The molecule has 2 atom stereocenters. The maximum atomic E-state index is 11.2. The van der Waals surface area contributed by atoms with Crippen LogP contribution in [0, 0.1) is 0 Å².